The first kappa shape index (κ1) is 14.3. The standard InChI is InChI=1S/C11H12F2N4O2S/c1-2-17-6-8(5-15-17)16-20(18,19)11-9(12)3-7(14)4-10(11)13/h3-6,16H,2,14H2,1H3. The number of nitrogen functional groups attached to an aromatic ring is 1. The zero-order valence-corrected chi connectivity index (χ0v) is 11.3. The van der Waals surface area contributed by atoms with Gasteiger partial charge < -0.3 is 5.73 Å². The van der Waals surface area contributed by atoms with E-state index in [2.05, 4.69) is 9.82 Å². The molecule has 0 aliphatic rings. The van der Waals surface area contributed by atoms with Crippen molar-refractivity contribution in [1.29, 1.82) is 0 Å². The number of hydrogen-bond acceptors (Lipinski definition) is 4. The van der Waals surface area contributed by atoms with Gasteiger partial charge in [0.05, 0.1) is 11.9 Å². The highest BCUT2D eigenvalue weighted by Crippen LogP contribution is 2.24. The highest BCUT2D eigenvalue weighted by atomic mass is 32.2. The van der Waals surface area contributed by atoms with Gasteiger partial charge in [-0.25, -0.2) is 17.2 Å². The van der Waals surface area contributed by atoms with E-state index in [1.54, 1.807) is 0 Å². The molecule has 1 aromatic heterocycles. The Kier molecular flexibility index (Phi) is 3.62. The number of hydrogen-bond donors (Lipinski definition) is 2. The molecule has 6 nitrogen and oxygen atoms in total. The van der Waals surface area contributed by atoms with Gasteiger partial charge in [0.1, 0.15) is 11.6 Å². The molecule has 108 valence electrons. The van der Waals surface area contributed by atoms with Gasteiger partial charge in [-0.3, -0.25) is 9.40 Å². The Morgan fingerprint density at radius 1 is 1.35 bits per heavy atom. The smallest absolute Gasteiger partial charge is 0.267 e. The van der Waals surface area contributed by atoms with Crippen molar-refractivity contribution in [2.24, 2.45) is 0 Å². The summed E-state index contributed by atoms with van der Waals surface area (Å²) in [7, 11) is -4.40. The van der Waals surface area contributed by atoms with Gasteiger partial charge in [0.2, 0.25) is 0 Å². The van der Waals surface area contributed by atoms with E-state index in [-0.39, 0.29) is 11.4 Å². The summed E-state index contributed by atoms with van der Waals surface area (Å²) in [4.78, 5) is -1.07. The summed E-state index contributed by atoms with van der Waals surface area (Å²) in [5, 5.41) is 3.85. The molecule has 9 heteroatoms. The van der Waals surface area contributed by atoms with Gasteiger partial charge in [0.15, 0.2) is 4.90 Å². The fourth-order valence-electron chi connectivity index (χ4n) is 1.63. The third kappa shape index (κ3) is 2.72. The highest BCUT2D eigenvalue weighted by Gasteiger charge is 2.25. The van der Waals surface area contributed by atoms with E-state index in [0.29, 0.717) is 6.54 Å². The van der Waals surface area contributed by atoms with E-state index < -0.39 is 26.6 Å². The molecule has 0 radical (unpaired) electrons. The molecule has 0 bridgehead atoms. The number of aryl methyl sites for hydroxylation is 1. The molecule has 0 saturated heterocycles. The number of nitrogens with zero attached hydrogens (tertiary/aromatic N) is 2. The van der Waals surface area contributed by atoms with Crippen LogP contribution in [0, 0.1) is 11.6 Å². The number of anilines is 2. The van der Waals surface area contributed by atoms with E-state index in [0.717, 1.165) is 12.1 Å². The quantitative estimate of drug-likeness (QED) is 0.839. The van der Waals surface area contributed by atoms with Crippen LogP contribution in [0.4, 0.5) is 20.2 Å². The lowest BCUT2D eigenvalue weighted by Gasteiger charge is -2.08. The fourth-order valence-corrected chi connectivity index (χ4v) is 2.78. The van der Waals surface area contributed by atoms with Crippen LogP contribution in [0.15, 0.2) is 29.4 Å². The van der Waals surface area contributed by atoms with Gasteiger partial charge in [-0.05, 0) is 19.1 Å². The Balaban J connectivity index is 2.40. The minimum Gasteiger partial charge on any atom is -0.399 e. The van der Waals surface area contributed by atoms with Crippen molar-refractivity contribution < 1.29 is 17.2 Å². The predicted molar refractivity (Wildman–Crippen MR) is 69.5 cm³/mol. The number of benzene rings is 1. The van der Waals surface area contributed by atoms with Crippen LogP contribution in [-0.2, 0) is 16.6 Å². The Morgan fingerprint density at radius 3 is 2.45 bits per heavy atom. The first-order valence-corrected chi connectivity index (χ1v) is 7.11. The summed E-state index contributed by atoms with van der Waals surface area (Å²) in [5.74, 6) is -2.50. The van der Waals surface area contributed by atoms with Gasteiger partial charge in [-0.1, -0.05) is 0 Å². The first-order valence-electron chi connectivity index (χ1n) is 5.63. The highest BCUT2D eigenvalue weighted by molar-refractivity contribution is 7.92. The molecule has 0 saturated carbocycles. The number of rotatable bonds is 4. The number of nitrogens with one attached hydrogen (secondary N) is 1. The molecule has 0 aliphatic carbocycles. The SMILES string of the molecule is CCn1cc(NS(=O)(=O)c2c(F)cc(N)cc2F)cn1. The van der Waals surface area contributed by atoms with Crippen LogP contribution in [0.1, 0.15) is 6.92 Å². The summed E-state index contributed by atoms with van der Waals surface area (Å²) < 4.78 is 54.7. The monoisotopic (exact) mass is 302 g/mol. The molecule has 0 fully saturated rings. The maximum Gasteiger partial charge on any atom is 0.267 e. The number of sulfonamides is 1. The Hall–Kier alpha value is -2.16. The Morgan fingerprint density at radius 2 is 1.95 bits per heavy atom. The number of nitrogens with two attached hydrogens (primary N) is 1. The molecule has 2 aromatic rings. The zero-order valence-electron chi connectivity index (χ0n) is 10.5. The molecule has 0 atom stereocenters. The van der Waals surface area contributed by atoms with Crippen molar-refractivity contribution in [1.82, 2.24) is 9.78 Å². The van der Waals surface area contributed by atoms with Crippen molar-refractivity contribution in [2.75, 3.05) is 10.5 Å². The molecular weight excluding hydrogens is 290 g/mol. The van der Waals surface area contributed by atoms with Crippen molar-refractivity contribution in [3.63, 3.8) is 0 Å². The van der Waals surface area contributed by atoms with Gasteiger partial charge in [0, 0.05) is 18.4 Å². The van der Waals surface area contributed by atoms with Crippen LogP contribution < -0.4 is 10.5 Å². The fraction of sp³-hybridized carbons (Fsp3) is 0.182. The summed E-state index contributed by atoms with van der Waals surface area (Å²) in [6, 6.07) is 1.49. The van der Waals surface area contributed by atoms with Gasteiger partial charge in [-0.2, -0.15) is 5.10 Å². The third-order valence-corrected chi connectivity index (χ3v) is 3.93. The zero-order chi connectivity index (χ0) is 14.9. The lowest BCUT2D eigenvalue weighted by atomic mass is 10.3. The normalized spacial score (nSPS) is 11.6. The van der Waals surface area contributed by atoms with Gasteiger partial charge in [-0.15, -0.1) is 0 Å². The van der Waals surface area contributed by atoms with E-state index in [1.807, 2.05) is 6.92 Å². The summed E-state index contributed by atoms with van der Waals surface area (Å²) in [5.41, 5.74) is 5.15. The molecule has 0 amide bonds. The second-order valence-electron chi connectivity index (χ2n) is 4.00. The Bertz CT molecular complexity index is 720. The van der Waals surface area contributed by atoms with E-state index in [9.17, 15) is 17.2 Å². The Labute approximate surface area is 114 Å². The topological polar surface area (TPSA) is 90.0 Å². The van der Waals surface area contributed by atoms with E-state index >= 15 is 0 Å². The molecule has 0 spiro atoms. The second kappa shape index (κ2) is 5.08. The maximum absolute atomic E-state index is 13.6. The molecule has 0 aliphatic heterocycles. The summed E-state index contributed by atoms with van der Waals surface area (Å²) in [6.45, 7) is 2.34. The molecule has 1 heterocycles. The number of aromatic nitrogens is 2. The van der Waals surface area contributed by atoms with Crippen LogP contribution in [-0.4, -0.2) is 18.2 Å². The van der Waals surface area contributed by atoms with Gasteiger partial charge in [0.25, 0.3) is 10.0 Å². The van der Waals surface area contributed by atoms with Gasteiger partial charge >= 0.3 is 0 Å². The average Bonchev–Trinajstić information content (AvgIpc) is 2.73. The van der Waals surface area contributed by atoms with Crippen LogP contribution in [0.5, 0.6) is 0 Å². The molecule has 2 rings (SSSR count). The lowest BCUT2D eigenvalue weighted by Crippen LogP contribution is -2.16. The summed E-state index contributed by atoms with van der Waals surface area (Å²) in [6.07, 6.45) is 2.65. The molecule has 3 N–H and O–H groups in total. The molecule has 0 unspecified atom stereocenters. The van der Waals surface area contributed by atoms with Crippen LogP contribution >= 0.6 is 0 Å². The second-order valence-corrected chi connectivity index (χ2v) is 5.62. The molecule has 1 aromatic carbocycles. The molecule has 20 heavy (non-hydrogen) atoms. The minimum atomic E-state index is -4.40. The van der Waals surface area contributed by atoms with Crippen molar-refractivity contribution in [3.05, 3.63) is 36.2 Å². The minimum absolute atomic E-state index is 0.113. The van der Waals surface area contributed by atoms with E-state index in [1.165, 1.54) is 17.1 Å². The van der Waals surface area contributed by atoms with Crippen LogP contribution in [0.3, 0.4) is 0 Å². The first-order chi connectivity index (χ1) is 9.33. The van der Waals surface area contributed by atoms with Crippen molar-refractivity contribution in [3.8, 4) is 0 Å². The third-order valence-electron chi connectivity index (χ3n) is 2.50. The van der Waals surface area contributed by atoms with Crippen LogP contribution in [0.25, 0.3) is 0 Å². The predicted octanol–water partition coefficient (Wildman–Crippen LogP) is 1.56. The average molecular weight is 302 g/mol. The van der Waals surface area contributed by atoms with Crippen LogP contribution in [0.2, 0.25) is 0 Å². The largest absolute Gasteiger partial charge is 0.399 e. The molecular formula is C11H12F2N4O2S. The summed E-state index contributed by atoms with van der Waals surface area (Å²) >= 11 is 0. The maximum atomic E-state index is 13.6. The van der Waals surface area contributed by atoms with Crippen molar-refractivity contribution in [2.45, 2.75) is 18.4 Å². The lowest BCUT2D eigenvalue weighted by molar-refractivity contribution is 0.522. The number of halogens is 2. The van der Waals surface area contributed by atoms with E-state index in [4.69, 9.17) is 5.73 Å². The van der Waals surface area contributed by atoms with Crippen molar-refractivity contribution >= 4 is 21.4 Å².